The van der Waals surface area contributed by atoms with Gasteiger partial charge in [0.05, 0.1) is 11.2 Å². The van der Waals surface area contributed by atoms with Crippen molar-refractivity contribution >= 4 is 43.9 Å². The molecule has 0 spiro atoms. The van der Waals surface area contributed by atoms with Crippen LogP contribution >= 0.6 is 15.9 Å². The number of hydrogen-bond acceptors (Lipinski definition) is 3. The van der Waals surface area contributed by atoms with Crippen LogP contribution in [-0.2, 0) is 0 Å². The van der Waals surface area contributed by atoms with Crippen LogP contribution in [0.25, 0.3) is 10.9 Å². The number of nitrogen functional groups attached to an aromatic ring is 1. The van der Waals surface area contributed by atoms with Crippen LogP contribution in [0.1, 0.15) is 5.56 Å². The molecule has 0 amide bonds. The number of pyridine rings is 1. The van der Waals surface area contributed by atoms with Crippen molar-refractivity contribution in [3.8, 4) is 0 Å². The van der Waals surface area contributed by atoms with Crippen molar-refractivity contribution < 1.29 is 0 Å². The van der Waals surface area contributed by atoms with Gasteiger partial charge in [0, 0.05) is 27.4 Å². The molecule has 0 saturated heterocycles. The number of halogens is 1. The van der Waals surface area contributed by atoms with Crippen molar-refractivity contribution in [2.45, 2.75) is 6.92 Å². The second-order valence-corrected chi connectivity index (χ2v) is 5.60. The van der Waals surface area contributed by atoms with Gasteiger partial charge in [-0.1, -0.05) is 15.9 Å². The van der Waals surface area contributed by atoms with Crippen molar-refractivity contribution in [1.82, 2.24) is 4.98 Å². The maximum atomic E-state index is 5.97. The van der Waals surface area contributed by atoms with E-state index in [1.807, 2.05) is 30.3 Å². The molecule has 20 heavy (non-hydrogen) atoms. The van der Waals surface area contributed by atoms with Crippen LogP contribution in [0.4, 0.5) is 17.1 Å². The molecule has 3 rings (SSSR count). The maximum Gasteiger partial charge on any atom is 0.0951 e. The number of nitrogens with one attached hydrogen (secondary N) is 1. The Hall–Kier alpha value is -2.07. The van der Waals surface area contributed by atoms with Crippen molar-refractivity contribution in [2.75, 3.05) is 11.1 Å². The van der Waals surface area contributed by atoms with E-state index in [-0.39, 0.29) is 0 Å². The van der Waals surface area contributed by atoms with Crippen molar-refractivity contribution in [1.29, 1.82) is 0 Å². The Kier molecular flexibility index (Phi) is 3.32. The molecule has 3 nitrogen and oxygen atoms in total. The standard InChI is InChI=1S/C16H14BrN3/c1-10-9-11(17)4-6-14(10)20-15-7-5-13(18)16-12(15)3-2-8-19-16/h2-9,20H,18H2,1H3. The van der Waals surface area contributed by atoms with E-state index in [0.29, 0.717) is 5.69 Å². The molecular formula is C16H14BrN3. The minimum Gasteiger partial charge on any atom is -0.397 e. The number of hydrogen-bond donors (Lipinski definition) is 2. The molecule has 1 aromatic heterocycles. The minimum atomic E-state index is 0.693. The van der Waals surface area contributed by atoms with E-state index < -0.39 is 0 Å². The largest absolute Gasteiger partial charge is 0.397 e. The summed E-state index contributed by atoms with van der Waals surface area (Å²) in [5.41, 5.74) is 10.7. The lowest BCUT2D eigenvalue weighted by Gasteiger charge is -2.13. The van der Waals surface area contributed by atoms with Gasteiger partial charge in [-0.15, -0.1) is 0 Å². The topological polar surface area (TPSA) is 50.9 Å². The third kappa shape index (κ3) is 2.34. The minimum absolute atomic E-state index is 0.693. The Balaban J connectivity index is 2.09. The molecule has 0 fully saturated rings. The van der Waals surface area contributed by atoms with E-state index in [9.17, 15) is 0 Å². The summed E-state index contributed by atoms with van der Waals surface area (Å²) < 4.78 is 1.07. The van der Waals surface area contributed by atoms with Gasteiger partial charge >= 0.3 is 0 Å². The van der Waals surface area contributed by atoms with Gasteiger partial charge in [0.1, 0.15) is 0 Å². The monoisotopic (exact) mass is 327 g/mol. The van der Waals surface area contributed by atoms with Crippen LogP contribution in [0.5, 0.6) is 0 Å². The van der Waals surface area contributed by atoms with Gasteiger partial charge in [-0.25, -0.2) is 0 Å². The highest BCUT2D eigenvalue weighted by Gasteiger charge is 2.06. The quantitative estimate of drug-likeness (QED) is 0.674. The average Bonchev–Trinajstić information content (AvgIpc) is 2.45. The first-order valence-electron chi connectivity index (χ1n) is 6.31. The van der Waals surface area contributed by atoms with E-state index in [4.69, 9.17) is 5.73 Å². The normalized spacial score (nSPS) is 10.7. The van der Waals surface area contributed by atoms with Crippen molar-refractivity contribution in [3.05, 3.63) is 58.7 Å². The highest BCUT2D eigenvalue weighted by atomic mass is 79.9. The predicted molar refractivity (Wildman–Crippen MR) is 88.3 cm³/mol. The van der Waals surface area contributed by atoms with Gasteiger partial charge in [-0.05, 0) is 55.0 Å². The third-order valence-electron chi connectivity index (χ3n) is 3.26. The average molecular weight is 328 g/mol. The van der Waals surface area contributed by atoms with Crippen LogP contribution in [0.2, 0.25) is 0 Å². The first-order valence-corrected chi connectivity index (χ1v) is 7.11. The Labute approximate surface area is 126 Å². The lowest BCUT2D eigenvalue weighted by molar-refractivity contribution is 1.40. The van der Waals surface area contributed by atoms with Gasteiger partial charge < -0.3 is 11.1 Å². The Morgan fingerprint density at radius 2 is 1.90 bits per heavy atom. The fraction of sp³-hybridized carbons (Fsp3) is 0.0625. The van der Waals surface area contributed by atoms with E-state index in [1.165, 1.54) is 5.56 Å². The highest BCUT2D eigenvalue weighted by Crippen LogP contribution is 2.30. The van der Waals surface area contributed by atoms with E-state index in [2.05, 4.69) is 45.3 Å². The number of nitrogens with zero attached hydrogens (tertiary/aromatic N) is 1. The molecule has 0 bridgehead atoms. The van der Waals surface area contributed by atoms with Gasteiger partial charge in [0.15, 0.2) is 0 Å². The molecule has 1 heterocycles. The van der Waals surface area contributed by atoms with E-state index >= 15 is 0 Å². The van der Waals surface area contributed by atoms with E-state index in [1.54, 1.807) is 6.20 Å². The summed E-state index contributed by atoms with van der Waals surface area (Å²) in [7, 11) is 0. The third-order valence-corrected chi connectivity index (χ3v) is 3.75. The Bertz CT molecular complexity index is 784. The first kappa shape index (κ1) is 12.9. The molecule has 3 aromatic rings. The summed E-state index contributed by atoms with van der Waals surface area (Å²) in [6, 6.07) is 14.0. The molecule has 0 saturated carbocycles. The van der Waals surface area contributed by atoms with Crippen molar-refractivity contribution in [3.63, 3.8) is 0 Å². The number of benzene rings is 2. The zero-order chi connectivity index (χ0) is 14.1. The molecular weight excluding hydrogens is 314 g/mol. The maximum absolute atomic E-state index is 5.97. The van der Waals surface area contributed by atoms with Crippen molar-refractivity contribution in [2.24, 2.45) is 0 Å². The van der Waals surface area contributed by atoms with E-state index in [0.717, 1.165) is 26.8 Å². The lowest BCUT2D eigenvalue weighted by atomic mass is 10.1. The molecule has 100 valence electrons. The summed E-state index contributed by atoms with van der Waals surface area (Å²) in [4.78, 5) is 4.35. The number of rotatable bonds is 2. The summed E-state index contributed by atoms with van der Waals surface area (Å²) >= 11 is 3.48. The molecule has 4 heteroatoms. The molecule has 0 aliphatic carbocycles. The second kappa shape index (κ2) is 5.13. The summed E-state index contributed by atoms with van der Waals surface area (Å²) in [6.07, 6.45) is 1.76. The Morgan fingerprint density at radius 1 is 1.10 bits per heavy atom. The van der Waals surface area contributed by atoms with Gasteiger partial charge in [-0.3, -0.25) is 4.98 Å². The SMILES string of the molecule is Cc1cc(Br)ccc1Nc1ccc(N)c2ncccc12. The van der Waals surface area contributed by atoms with Crippen LogP contribution in [0.15, 0.2) is 53.1 Å². The summed E-state index contributed by atoms with van der Waals surface area (Å²) in [5.74, 6) is 0. The first-order chi connectivity index (χ1) is 9.65. The number of aromatic nitrogens is 1. The van der Waals surface area contributed by atoms with Gasteiger partial charge in [-0.2, -0.15) is 0 Å². The second-order valence-electron chi connectivity index (χ2n) is 4.69. The fourth-order valence-electron chi connectivity index (χ4n) is 2.22. The van der Waals surface area contributed by atoms with Gasteiger partial charge in [0.2, 0.25) is 0 Å². The molecule has 0 atom stereocenters. The predicted octanol–water partition coefficient (Wildman–Crippen LogP) is 4.63. The molecule has 0 aliphatic heterocycles. The van der Waals surface area contributed by atoms with Crippen LogP contribution in [0.3, 0.4) is 0 Å². The number of anilines is 3. The number of nitrogens with two attached hydrogens (primary N) is 1. The number of aryl methyl sites for hydroxylation is 1. The fourth-order valence-corrected chi connectivity index (χ4v) is 2.69. The molecule has 3 N–H and O–H groups in total. The lowest BCUT2D eigenvalue weighted by Crippen LogP contribution is -1.97. The molecule has 0 aliphatic rings. The zero-order valence-electron chi connectivity index (χ0n) is 11.0. The molecule has 2 aromatic carbocycles. The molecule has 0 radical (unpaired) electrons. The van der Waals surface area contributed by atoms with Crippen LogP contribution in [-0.4, -0.2) is 4.98 Å². The Morgan fingerprint density at radius 3 is 2.70 bits per heavy atom. The van der Waals surface area contributed by atoms with Gasteiger partial charge in [0.25, 0.3) is 0 Å². The zero-order valence-corrected chi connectivity index (χ0v) is 12.6. The number of fused-ring (bicyclic) bond motifs is 1. The van der Waals surface area contributed by atoms with Crippen LogP contribution < -0.4 is 11.1 Å². The van der Waals surface area contributed by atoms with Crippen LogP contribution in [0, 0.1) is 6.92 Å². The summed E-state index contributed by atoms with van der Waals surface area (Å²) in [6.45, 7) is 2.07. The molecule has 0 unspecified atom stereocenters. The highest BCUT2D eigenvalue weighted by molar-refractivity contribution is 9.10. The summed E-state index contributed by atoms with van der Waals surface area (Å²) in [5, 5.41) is 4.48. The smallest absolute Gasteiger partial charge is 0.0951 e.